The minimum atomic E-state index is -0.311. The molecular weight excluding hydrogens is 353 g/mol. The number of carbonyl (C=O) groups is 1. The molecule has 1 N–H and O–H groups in total. The van der Waals surface area contributed by atoms with Crippen molar-refractivity contribution in [3.05, 3.63) is 95.6 Å². The fourth-order valence-electron chi connectivity index (χ4n) is 3.08. The zero-order valence-electron chi connectivity index (χ0n) is 15.3. The third-order valence-corrected chi connectivity index (χ3v) is 4.52. The molecule has 0 aliphatic heterocycles. The van der Waals surface area contributed by atoms with Crippen LogP contribution in [-0.2, 0) is 6.54 Å². The summed E-state index contributed by atoms with van der Waals surface area (Å²) in [5, 5.41) is 3.73. The van der Waals surface area contributed by atoms with Crippen LogP contribution in [0.3, 0.4) is 0 Å². The van der Waals surface area contributed by atoms with Crippen LogP contribution in [0.4, 0.5) is 4.39 Å². The van der Waals surface area contributed by atoms with Gasteiger partial charge in [0.25, 0.3) is 5.91 Å². The molecule has 5 heteroatoms. The standard InChI is InChI=1S/C23H18FN3O/c1-15-4-9-21-19(11-15)20(23(28)26-14-16-3-2-10-25-13-16)12-22(27-21)17-5-7-18(24)8-6-17/h2-13H,14H2,1H3,(H,26,28). The number of hydrogen-bond acceptors (Lipinski definition) is 3. The summed E-state index contributed by atoms with van der Waals surface area (Å²) in [6.45, 7) is 2.36. The van der Waals surface area contributed by atoms with Gasteiger partial charge in [0.15, 0.2) is 0 Å². The number of nitrogens with one attached hydrogen (secondary N) is 1. The maximum atomic E-state index is 13.3. The lowest BCUT2D eigenvalue weighted by Gasteiger charge is -2.11. The zero-order chi connectivity index (χ0) is 19.5. The average Bonchev–Trinajstić information content (AvgIpc) is 2.72. The van der Waals surface area contributed by atoms with E-state index in [-0.39, 0.29) is 11.7 Å². The number of amides is 1. The summed E-state index contributed by atoms with van der Waals surface area (Å²) in [6, 6.07) is 17.4. The fourth-order valence-corrected chi connectivity index (χ4v) is 3.08. The van der Waals surface area contributed by atoms with Crippen LogP contribution >= 0.6 is 0 Å². The number of aryl methyl sites for hydroxylation is 1. The Morgan fingerprint density at radius 2 is 1.89 bits per heavy atom. The highest BCUT2D eigenvalue weighted by molar-refractivity contribution is 6.07. The molecule has 0 atom stereocenters. The van der Waals surface area contributed by atoms with E-state index in [1.165, 1.54) is 12.1 Å². The van der Waals surface area contributed by atoms with Crippen molar-refractivity contribution in [2.75, 3.05) is 0 Å². The van der Waals surface area contributed by atoms with Gasteiger partial charge in [0.1, 0.15) is 5.82 Å². The second-order valence-electron chi connectivity index (χ2n) is 6.63. The molecule has 0 fully saturated rings. The van der Waals surface area contributed by atoms with Gasteiger partial charge >= 0.3 is 0 Å². The Kier molecular flexibility index (Phi) is 4.81. The number of pyridine rings is 2. The van der Waals surface area contributed by atoms with Crippen molar-refractivity contribution in [2.24, 2.45) is 0 Å². The SMILES string of the molecule is Cc1ccc2nc(-c3ccc(F)cc3)cc(C(=O)NCc3cccnc3)c2c1. The summed E-state index contributed by atoms with van der Waals surface area (Å²) in [5.74, 6) is -0.500. The van der Waals surface area contributed by atoms with Crippen molar-refractivity contribution in [2.45, 2.75) is 13.5 Å². The summed E-state index contributed by atoms with van der Waals surface area (Å²) >= 11 is 0. The first kappa shape index (κ1) is 17.8. The van der Waals surface area contributed by atoms with Crippen molar-refractivity contribution in [1.82, 2.24) is 15.3 Å². The number of rotatable bonds is 4. The van der Waals surface area contributed by atoms with E-state index < -0.39 is 0 Å². The molecule has 1 amide bonds. The predicted molar refractivity (Wildman–Crippen MR) is 107 cm³/mol. The van der Waals surface area contributed by atoms with Crippen LogP contribution in [0.5, 0.6) is 0 Å². The van der Waals surface area contributed by atoms with Gasteiger partial charge in [0.2, 0.25) is 0 Å². The highest BCUT2D eigenvalue weighted by Crippen LogP contribution is 2.26. The Morgan fingerprint density at radius 3 is 2.64 bits per heavy atom. The van der Waals surface area contributed by atoms with Crippen molar-refractivity contribution in [1.29, 1.82) is 0 Å². The molecule has 4 aromatic rings. The monoisotopic (exact) mass is 371 g/mol. The van der Waals surface area contributed by atoms with Crippen molar-refractivity contribution >= 4 is 16.8 Å². The smallest absolute Gasteiger partial charge is 0.252 e. The molecule has 0 spiro atoms. The summed E-state index contributed by atoms with van der Waals surface area (Å²) < 4.78 is 13.3. The maximum absolute atomic E-state index is 13.3. The molecule has 0 saturated heterocycles. The third kappa shape index (κ3) is 3.74. The lowest BCUT2D eigenvalue weighted by atomic mass is 10.0. The first-order chi connectivity index (χ1) is 13.6. The highest BCUT2D eigenvalue weighted by atomic mass is 19.1. The molecule has 4 rings (SSSR count). The van der Waals surface area contributed by atoms with Gasteiger partial charge in [-0.3, -0.25) is 9.78 Å². The van der Waals surface area contributed by atoms with E-state index in [0.29, 0.717) is 17.8 Å². The third-order valence-electron chi connectivity index (χ3n) is 4.52. The van der Waals surface area contributed by atoms with Crippen LogP contribution in [0.25, 0.3) is 22.2 Å². The Morgan fingerprint density at radius 1 is 1.07 bits per heavy atom. The molecule has 4 nitrogen and oxygen atoms in total. The molecule has 0 unspecified atom stereocenters. The highest BCUT2D eigenvalue weighted by Gasteiger charge is 2.14. The molecule has 28 heavy (non-hydrogen) atoms. The number of nitrogens with zero attached hydrogens (tertiary/aromatic N) is 2. The van der Waals surface area contributed by atoms with Gasteiger partial charge in [-0.2, -0.15) is 0 Å². The Bertz CT molecular complexity index is 1140. The van der Waals surface area contributed by atoms with Crippen LogP contribution < -0.4 is 5.32 Å². The maximum Gasteiger partial charge on any atom is 0.252 e. The van der Waals surface area contributed by atoms with Crippen molar-refractivity contribution in [3.8, 4) is 11.3 Å². The summed E-state index contributed by atoms with van der Waals surface area (Å²) in [7, 11) is 0. The number of hydrogen-bond donors (Lipinski definition) is 1. The Balaban J connectivity index is 1.75. The quantitative estimate of drug-likeness (QED) is 0.567. The number of carbonyl (C=O) groups excluding carboxylic acids is 1. The van der Waals surface area contributed by atoms with E-state index in [4.69, 9.17) is 0 Å². The normalized spacial score (nSPS) is 10.8. The molecule has 0 bridgehead atoms. The number of fused-ring (bicyclic) bond motifs is 1. The summed E-state index contributed by atoms with van der Waals surface area (Å²) in [5.41, 5.74) is 4.61. The van der Waals surface area contributed by atoms with E-state index in [1.807, 2.05) is 37.3 Å². The largest absolute Gasteiger partial charge is 0.348 e. The number of halogens is 1. The fraction of sp³-hybridized carbons (Fsp3) is 0.0870. The van der Waals surface area contributed by atoms with Crippen LogP contribution in [0, 0.1) is 12.7 Å². The van der Waals surface area contributed by atoms with Gasteiger partial charge in [0.05, 0.1) is 16.8 Å². The van der Waals surface area contributed by atoms with E-state index in [2.05, 4.69) is 15.3 Å². The molecule has 0 radical (unpaired) electrons. The van der Waals surface area contributed by atoms with E-state index >= 15 is 0 Å². The van der Waals surface area contributed by atoms with Gasteiger partial charge < -0.3 is 5.32 Å². The van der Waals surface area contributed by atoms with Crippen LogP contribution in [0.15, 0.2) is 73.1 Å². The van der Waals surface area contributed by atoms with Crippen LogP contribution in [0.1, 0.15) is 21.5 Å². The van der Waals surface area contributed by atoms with Crippen molar-refractivity contribution < 1.29 is 9.18 Å². The number of benzene rings is 2. The van der Waals surface area contributed by atoms with Crippen LogP contribution in [-0.4, -0.2) is 15.9 Å². The Labute approximate surface area is 162 Å². The second-order valence-corrected chi connectivity index (χ2v) is 6.63. The minimum absolute atomic E-state index is 0.190. The second kappa shape index (κ2) is 7.56. The van der Waals surface area contributed by atoms with Gasteiger partial charge in [-0.05, 0) is 61.0 Å². The topological polar surface area (TPSA) is 54.9 Å². The summed E-state index contributed by atoms with van der Waals surface area (Å²) in [4.78, 5) is 21.7. The molecule has 2 aromatic carbocycles. The molecule has 0 saturated carbocycles. The molecule has 2 heterocycles. The lowest BCUT2D eigenvalue weighted by Crippen LogP contribution is -2.23. The van der Waals surface area contributed by atoms with E-state index in [0.717, 1.165) is 27.6 Å². The predicted octanol–water partition coefficient (Wildman–Crippen LogP) is 4.67. The molecule has 0 aliphatic carbocycles. The minimum Gasteiger partial charge on any atom is -0.348 e. The van der Waals surface area contributed by atoms with E-state index in [9.17, 15) is 9.18 Å². The van der Waals surface area contributed by atoms with Gasteiger partial charge in [-0.1, -0.05) is 17.7 Å². The van der Waals surface area contributed by atoms with Gasteiger partial charge in [-0.15, -0.1) is 0 Å². The molecular formula is C23H18FN3O. The number of aromatic nitrogens is 2. The van der Waals surface area contributed by atoms with Crippen molar-refractivity contribution in [3.63, 3.8) is 0 Å². The first-order valence-corrected chi connectivity index (χ1v) is 8.94. The first-order valence-electron chi connectivity index (χ1n) is 8.94. The zero-order valence-corrected chi connectivity index (χ0v) is 15.3. The molecule has 138 valence electrons. The Hall–Kier alpha value is -3.60. The average molecular weight is 371 g/mol. The van der Waals surface area contributed by atoms with E-state index in [1.54, 1.807) is 30.6 Å². The van der Waals surface area contributed by atoms with Crippen LogP contribution in [0.2, 0.25) is 0 Å². The summed E-state index contributed by atoms with van der Waals surface area (Å²) in [6.07, 6.45) is 3.42. The molecule has 2 aromatic heterocycles. The lowest BCUT2D eigenvalue weighted by molar-refractivity contribution is 0.0952. The van der Waals surface area contributed by atoms with Gasteiger partial charge in [-0.25, -0.2) is 9.37 Å². The molecule has 0 aliphatic rings. The van der Waals surface area contributed by atoms with Gasteiger partial charge in [0, 0.05) is 29.9 Å².